The summed E-state index contributed by atoms with van der Waals surface area (Å²) in [6, 6.07) is 23.7. The van der Waals surface area contributed by atoms with Gasteiger partial charge in [-0.15, -0.1) is 0 Å². The number of nitrogens with one attached hydrogen (secondary N) is 16. The zero-order valence-corrected chi connectivity index (χ0v) is 66.3. The summed E-state index contributed by atoms with van der Waals surface area (Å²) in [5.74, 6) is -8.10. The van der Waals surface area contributed by atoms with Crippen LogP contribution in [0.3, 0.4) is 0 Å². The van der Waals surface area contributed by atoms with Crippen molar-refractivity contribution in [1.29, 1.82) is 5.41 Å². The number of aromatic amines is 5. The topological polar surface area (TPSA) is 576 Å². The Kier molecular flexibility index (Phi) is 32.8. The molecular weight excluding hydrogens is 1500 g/mol. The van der Waals surface area contributed by atoms with Crippen LogP contribution in [0.25, 0.3) is 54.5 Å². The van der Waals surface area contributed by atoms with Gasteiger partial charge < -0.3 is 118 Å². The Hall–Kier alpha value is -12.4. The van der Waals surface area contributed by atoms with Gasteiger partial charge in [0.05, 0.1) is 6.04 Å². The Morgan fingerprint density at radius 1 is 0.288 bits per heavy atom. The number of hydrogen-bond acceptors (Lipinski definition) is 16. The summed E-state index contributed by atoms with van der Waals surface area (Å²) in [5.41, 5.74) is 49.0. The summed E-state index contributed by atoms with van der Waals surface area (Å²) in [7, 11) is 0. The van der Waals surface area contributed by atoms with Crippen molar-refractivity contribution in [3.63, 3.8) is 0 Å². The number of guanidine groups is 1. The number of unbranched alkanes of at least 4 members (excludes halogenated alkanes) is 4. The zero-order chi connectivity index (χ0) is 84.0. The van der Waals surface area contributed by atoms with E-state index in [1.165, 1.54) is 0 Å². The van der Waals surface area contributed by atoms with Crippen molar-refractivity contribution in [2.45, 2.75) is 182 Å². The van der Waals surface area contributed by atoms with Crippen LogP contribution in [-0.2, 0) is 80.0 Å². The minimum atomic E-state index is -1.50. The fourth-order valence-corrected chi connectivity index (χ4v) is 14.8. The summed E-state index contributed by atoms with van der Waals surface area (Å²) < 4.78 is 0. The highest BCUT2D eigenvalue weighted by molar-refractivity contribution is 6.01. The maximum atomic E-state index is 15.5. The number of fused-ring (bicyclic) bond motifs is 5. The van der Waals surface area contributed by atoms with Gasteiger partial charge in [0.25, 0.3) is 0 Å². The molecule has 0 bridgehead atoms. The Bertz CT molecular complexity index is 5060. The van der Waals surface area contributed by atoms with Gasteiger partial charge in [0.15, 0.2) is 5.96 Å². The fraction of sp³-hybridized carbons (Fsp3) is 0.400. The van der Waals surface area contributed by atoms with Gasteiger partial charge in [-0.05, 0) is 168 Å². The third-order valence-electron chi connectivity index (χ3n) is 21.4. The summed E-state index contributed by atoms with van der Waals surface area (Å²) in [5, 5.41) is 40.4. The number of primary amides is 1. The van der Waals surface area contributed by atoms with Crippen molar-refractivity contribution in [3.05, 3.63) is 180 Å². The van der Waals surface area contributed by atoms with Crippen LogP contribution in [-0.4, -0.2) is 183 Å². The van der Waals surface area contributed by atoms with Gasteiger partial charge in [0.2, 0.25) is 59.1 Å². The van der Waals surface area contributed by atoms with Gasteiger partial charge in [-0.3, -0.25) is 53.4 Å². The molecule has 10 atom stereocenters. The number of carbonyl (C=O) groups excluding carboxylic acids is 10. The van der Waals surface area contributed by atoms with Crippen molar-refractivity contribution in [3.8, 4) is 0 Å². The van der Waals surface area contributed by atoms with E-state index in [1.807, 2.05) is 115 Å². The predicted octanol–water partition coefficient (Wildman–Crippen LogP) is 2.56. The maximum absolute atomic E-state index is 15.5. The third-order valence-corrected chi connectivity index (χ3v) is 21.4. The Morgan fingerprint density at radius 3 is 0.771 bits per heavy atom. The molecule has 628 valence electrons. The molecule has 33 nitrogen and oxygen atoms in total. The van der Waals surface area contributed by atoms with E-state index in [9.17, 15) is 14.4 Å². The van der Waals surface area contributed by atoms with E-state index in [-0.39, 0.29) is 96.3 Å². The van der Waals surface area contributed by atoms with E-state index in [4.69, 9.17) is 45.5 Å². The van der Waals surface area contributed by atoms with Crippen LogP contribution in [0.15, 0.2) is 152 Å². The average Bonchev–Trinajstić information content (AvgIpc) is 1.68. The smallest absolute Gasteiger partial charge is 0.243 e. The highest BCUT2D eigenvalue weighted by atomic mass is 16.2. The minimum Gasteiger partial charge on any atom is -0.370 e. The van der Waals surface area contributed by atoms with Crippen LogP contribution in [0.2, 0.25) is 0 Å². The van der Waals surface area contributed by atoms with E-state index in [2.05, 4.69) is 78.1 Å². The van der Waals surface area contributed by atoms with E-state index in [0.29, 0.717) is 103 Å². The molecule has 0 saturated heterocycles. The largest absolute Gasteiger partial charge is 0.370 e. The first-order chi connectivity index (χ1) is 57.1. The second-order valence-corrected chi connectivity index (χ2v) is 30.0. The highest BCUT2D eigenvalue weighted by Crippen LogP contribution is 2.26. The summed E-state index contributed by atoms with van der Waals surface area (Å²) in [6.07, 6.45) is 12.0. The molecule has 0 radical (unpaired) electrons. The first kappa shape index (κ1) is 87.9. The fourth-order valence-electron chi connectivity index (χ4n) is 14.8. The molecule has 10 amide bonds. The second kappa shape index (κ2) is 44.1. The number of amides is 10. The Morgan fingerprint density at radius 2 is 0.508 bits per heavy atom. The molecule has 0 unspecified atom stereocenters. The minimum absolute atomic E-state index is 0.00552. The van der Waals surface area contributed by atoms with Crippen LogP contribution in [0, 0.1) is 5.41 Å². The highest BCUT2D eigenvalue weighted by Gasteiger charge is 2.37. The van der Waals surface area contributed by atoms with Gasteiger partial charge in [0.1, 0.15) is 54.4 Å². The number of benzene rings is 5. The van der Waals surface area contributed by atoms with Gasteiger partial charge >= 0.3 is 0 Å². The van der Waals surface area contributed by atoms with Crippen LogP contribution >= 0.6 is 0 Å². The molecule has 30 N–H and O–H groups in total. The molecular formula is C85H113N23O10. The molecule has 0 saturated carbocycles. The molecule has 0 aliphatic heterocycles. The first-order valence-electron chi connectivity index (χ1n) is 40.5. The second-order valence-electron chi connectivity index (χ2n) is 30.0. The molecule has 5 aromatic carbocycles. The van der Waals surface area contributed by atoms with Crippen LogP contribution in [0.4, 0.5) is 0 Å². The lowest BCUT2D eigenvalue weighted by Gasteiger charge is -2.28. The molecule has 0 spiro atoms. The standard InChI is InChI=1S/C85H113N23O10/c86-35-15-11-25-60(90)76(110)105-71(41-51-46-96-62-27-7-2-21-56(51)62)84(118)108-73(43-53-48-98-64-29-9-4-23-58(53)64)82(116)103-67(32-13-17-37-88)78(112)101-69(34-19-39-94-85(92)93)80(114)106-72(42-52-47-97-63-28-8-3-22-57(52)63)81(115)102-66(31-12-16-36-87)77(111)100-68(33-14-18-38-89)79(113)107-74(44-54-49-99-65-30-10-5-24-59(54)65)83(117)104-70(75(91)109)40-50-45-95-61-26-6-1-20-55(50)61/h1-10,20-24,26-30,45-49,60,66-74,95-99H,11-19,25,31-44,86-90H2,(H2,91,109)(H,100,111)(H,101,112)(H,102,115)(H,103,116)(H,104,117)(H,105,110)(H,106,114)(H,107,113)(H,108,118)(H4,92,93,94)/t60-,66-,67-,68-,69-,70-,71-,72-,73-,74-/m0/s1. The molecule has 5 heterocycles. The SMILES string of the molecule is N=C(N)NCCC[C@H](NC(=O)[C@H](CCCCN)NC(=O)[C@H](Cc1c[nH]c2ccccc12)NC(=O)[C@H](Cc1c[nH]c2ccccc12)NC(=O)[C@@H](N)CCCCN)C(=O)N[C@@H](Cc1c[nH]c2ccccc12)C(=O)N[C@@H](CCCCN)C(=O)N[C@@H](CCCCN)C(=O)N[C@@H](Cc1c[nH]c2ccccc12)C(=O)N[C@@H](Cc1c[nH]c2ccccc12)C(N)=O. The molecule has 118 heavy (non-hydrogen) atoms. The number of rotatable bonds is 49. The van der Waals surface area contributed by atoms with Gasteiger partial charge in [-0.1, -0.05) is 97.4 Å². The molecule has 0 aliphatic carbocycles. The van der Waals surface area contributed by atoms with Crippen LogP contribution < -0.4 is 93.3 Å². The number of aromatic nitrogens is 5. The molecule has 33 heteroatoms. The lowest BCUT2D eigenvalue weighted by atomic mass is 10.00. The van der Waals surface area contributed by atoms with E-state index in [0.717, 1.165) is 43.6 Å². The van der Waals surface area contributed by atoms with Crippen molar-refractivity contribution in [2.24, 2.45) is 40.1 Å². The van der Waals surface area contributed by atoms with Gasteiger partial charge in [0, 0.05) is 124 Å². The quantitative estimate of drug-likeness (QED) is 0.0148. The average molecular weight is 1620 g/mol. The number of nitrogens with two attached hydrogens (primary N) is 7. The summed E-state index contributed by atoms with van der Waals surface area (Å²) >= 11 is 0. The molecule has 10 aromatic rings. The number of hydrogen-bond donors (Lipinski definition) is 23. The monoisotopic (exact) mass is 1620 g/mol. The van der Waals surface area contributed by atoms with Gasteiger partial charge in [-0.2, -0.15) is 0 Å². The van der Waals surface area contributed by atoms with Crippen LogP contribution in [0.1, 0.15) is 118 Å². The summed E-state index contributed by atoms with van der Waals surface area (Å²) in [6.45, 7) is 1.15. The van der Waals surface area contributed by atoms with Crippen molar-refractivity contribution in [2.75, 3.05) is 32.7 Å². The maximum Gasteiger partial charge on any atom is 0.243 e. The lowest BCUT2D eigenvalue weighted by Crippen LogP contribution is -2.61. The van der Waals surface area contributed by atoms with Crippen LogP contribution in [0.5, 0.6) is 0 Å². The number of carbonyl (C=O) groups is 10. The van der Waals surface area contributed by atoms with E-state index in [1.54, 1.807) is 37.1 Å². The van der Waals surface area contributed by atoms with Gasteiger partial charge in [-0.25, -0.2) is 0 Å². The zero-order valence-electron chi connectivity index (χ0n) is 66.3. The van der Waals surface area contributed by atoms with Crippen molar-refractivity contribution in [1.82, 2.24) is 78.1 Å². The van der Waals surface area contributed by atoms with E-state index >= 15 is 33.6 Å². The normalized spacial score (nSPS) is 14.0. The molecule has 0 fully saturated rings. The van der Waals surface area contributed by atoms with E-state index < -0.39 is 119 Å². The lowest BCUT2D eigenvalue weighted by molar-refractivity contribution is -0.136. The summed E-state index contributed by atoms with van der Waals surface area (Å²) in [4.78, 5) is 165. The predicted molar refractivity (Wildman–Crippen MR) is 455 cm³/mol. The van der Waals surface area contributed by atoms with Crippen molar-refractivity contribution >= 4 is 120 Å². The molecule has 0 aliphatic rings. The number of H-pyrrole nitrogens is 5. The van der Waals surface area contributed by atoms with Crippen molar-refractivity contribution < 1.29 is 47.9 Å². The number of para-hydroxylation sites is 5. The third kappa shape index (κ3) is 24.6. The molecule has 5 aromatic heterocycles. The Labute approximate surface area is 683 Å². The molecule has 10 rings (SSSR count). The Balaban J connectivity index is 0.917. The first-order valence-corrected chi connectivity index (χ1v) is 40.5.